The molecule has 1 unspecified atom stereocenters. The van der Waals surface area contributed by atoms with Gasteiger partial charge in [0, 0.05) is 24.5 Å². The summed E-state index contributed by atoms with van der Waals surface area (Å²) in [6.45, 7) is 4.05. The second-order valence-electron chi connectivity index (χ2n) is 5.52. The number of para-hydroxylation sites is 1. The molecule has 0 spiro atoms. The van der Waals surface area contributed by atoms with Crippen LogP contribution in [0.2, 0.25) is 0 Å². The highest BCUT2D eigenvalue weighted by Crippen LogP contribution is 2.32. The van der Waals surface area contributed by atoms with Crippen LogP contribution >= 0.6 is 0 Å². The van der Waals surface area contributed by atoms with Crippen LogP contribution in [0.5, 0.6) is 0 Å². The Hall–Kier alpha value is -2.10. The molecular weight excluding hydrogens is 250 g/mol. The molecule has 20 heavy (non-hydrogen) atoms. The highest BCUT2D eigenvalue weighted by atomic mass is 16.2. The van der Waals surface area contributed by atoms with Gasteiger partial charge in [0.1, 0.15) is 0 Å². The molecule has 0 saturated carbocycles. The minimum Gasteiger partial charge on any atom is -0.309 e. The smallest absolute Gasteiger partial charge is 0.233 e. The summed E-state index contributed by atoms with van der Waals surface area (Å²) in [6.07, 6.45) is 1.34. The first-order chi connectivity index (χ1) is 9.56. The van der Waals surface area contributed by atoms with Gasteiger partial charge in [-0.15, -0.1) is 0 Å². The molecule has 1 aliphatic rings. The van der Waals surface area contributed by atoms with Gasteiger partial charge in [-0.1, -0.05) is 18.2 Å². The maximum absolute atomic E-state index is 12.6. The number of fused-ring (bicyclic) bond motifs is 1. The van der Waals surface area contributed by atoms with Crippen LogP contribution in [0.15, 0.2) is 30.3 Å². The van der Waals surface area contributed by atoms with E-state index in [-0.39, 0.29) is 11.9 Å². The number of hydrogen-bond donors (Lipinski definition) is 0. The molecule has 2 heterocycles. The molecular formula is C16H19N3O. The van der Waals surface area contributed by atoms with E-state index in [1.165, 1.54) is 5.56 Å². The van der Waals surface area contributed by atoms with Gasteiger partial charge < -0.3 is 4.90 Å². The van der Waals surface area contributed by atoms with E-state index in [2.05, 4.69) is 18.1 Å². The molecule has 1 amide bonds. The van der Waals surface area contributed by atoms with Gasteiger partial charge in [-0.05, 0) is 38.0 Å². The third kappa shape index (κ3) is 2.11. The number of carbonyl (C=O) groups is 1. The SMILES string of the molecule is Cc1cc(CC(=O)N2c3ccccc3CC2C)n(C)n1. The average molecular weight is 269 g/mol. The number of aromatic nitrogens is 2. The van der Waals surface area contributed by atoms with E-state index in [9.17, 15) is 4.79 Å². The number of benzene rings is 1. The Kier molecular flexibility index (Phi) is 3.08. The van der Waals surface area contributed by atoms with E-state index in [4.69, 9.17) is 0 Å². The van der Waals surface area contributed by atoms with Crippen LogP contribution in [0.25, 0.3) is 0 Å². The Morgan fingerprint density at radius 1 is 1.40 bits per heavy atom. The summed E-state index contributed by atoms with van der Waals surface area (Å²) in [4.78, 5) is 14.6. The number of aryl methyl sites for hydroxylation is 2. The maximum Gasteiger partial charge on any atom is 0.233 e. The van der Waals surface area contributed by atoms with Gasteiger partial charge in [0.05, 0.1) is 12.1 Å². The topological polar surface area (TPSA) is 38.1 Å². The van der Waals surface area contributed by atoms with Gasteiger partial charge in [0.15, 0.2) is 0 Å². The van der Waals surface area contributed by atoms with Crippen molar-refractivity contribution >= 4 is 11.6 Å². The first-order valence-electron chi connectivity index (χ1n) is 6.95. The van der Waals surface area contributed by atoms with E-state index < -0.39 is 0 Å². The van der Waals surface area contributed by atoms with Crippen molar-refractivity contribution in [2.24, 2.45) is 7.05 Å². The maximum atomic E-state index is 12.6. The van der Waals surface area contributed by atoms with E-state index in [0.717, 1.165) is 23.5 Å². The monoisotopic (exact) mass is 269 g/mol. The number of nitrogens with zero attached hydrogens (tertiary/aromatic N) is 3. The van der Waals surface area contributed by atoms with Gasteiger partial charge in [0.2, 0.25) is 5.91 Å². The fourth-order valence-corrected chi connectivity index (χ4v) is 3.02. The zero-order valence-corrected chi connectivity index (χ0v) is 12.1. The molecule has 0 bridgehead atoms. The highest BCUT2D eigenvalue weighted by molar-refractivity contribution is 5.97. The minimum absolute atomic E-state index is 0.144. The molecule has 1 atom stereocenters. The van der Waals surface area contributed by atoms with Gasteiger partial charge in [0.25, 0.3) is 0 Å². The molecule has 0 radical (unpaired) electrons. The molecule has 0 N–H and O–H groups in total. The number of rotatable bonds is 2. The van der Waals surface area contributed by atoms with Crippen LogP contribution in [0.4, 0.5) is 5.69 Å². The second-order valence-corrected chi connectivity index (χ2v) is 5.52. The lowest BCUT2D eigenvalue weighted by atomic mass is 10.1. The first kappa shape index (κ1) is 12.9. The Morgan fingerprint density at radius 2 is 2.15 bits per heavy atom. The third-order valence-corrected chi connectivity index (χ3v) is 3.91. The normalized spacial score (nSPS) is 17.4. The summed E-state index contributed by atoms with van der Waals surface area (Å²) >= 11 is 0. The Balaban J connectivity index is 1.86. The van der Waals surface area contributed by atoms with Crippen molar-refractivity contribution < 1.29 is 4.79 Å². The first-order valence-corrected chi connectivity index (χ1v) is 6.95. The van der Waals surface area contributed by atoms with Crippen molar-refractivity contribution in [3.8, 4) is 0 Å². The van der Waals surface area contributed by atoms with E-state index in [1.807, 2.05) is 43.1 Å². The lowest BCUT2D eigenvalue weighted by Crippen LogP contribution is -2.37. The van der Waals surface area contributed by atoms with Crippen LogP contribution in [0.3, 0.4) is 0 Å². The van der Waals surface area contributed by atoms with Crippen molar-refractivity contribution in [1.82, 2.24) is 9.78 Å². The number of hydrogen-bond acceptors (Lipinski definition) is 2. The quantitative estimate of drug-likeness (QED) is 0.838. The van der Waals surface area contributed by atoms with Crippen LogP contribution in [0, 0.1) is 6.92 Å². The Morgan fingerprint density at radius 3 is 2.85 bits per heavy atom. The molecule has 4 heteroatoms. The average Bonchev–Trinajstić information content (AvgIpc) is 2.88. The molecule has 0 saturated heterocycles. The van der Waals surface area contributed by atoms with E-state index >= 15 is 0 Å². The minimum atomic E-state index is 0.144. The van der Waals surface area contributed by atoms with Crippen molar-refractivity contribution in [3.63, 3.8) is 0 Å². The molecule has 1 aliphatic heterocycles. The fraction of sp³-hybridized carbons (Fsp3) is 0.375. The molecule has 0 aliphatic carbocycles. The summed E-state index contributed by atoms with van der Waals surface area (Å²) in [5.74, 6) is 0.144. The largest absolute Gasteiger partial charge is 0.309 e. The standard InChI is InChI=1S/C16H19N3O/c1-11-8-14(18(3)17-11)10-16(20)19-12(2)9-13-6-4-5-7-15(13)19/h4-8,12H,9-10H2,1-3H3. The second kappa shape index (κ2) is 4.78. The van der Waals surface area contributed by atoms with Gasteiger partial charge >= 0.3 is 0 Å². The zero-order valence-electron chi connectivity index (χ0n) is 12.1. The highest BCUT2D eigenvalue weighted by Gasteiger charge is 2.30. The molecule has 1 aromatic carbocycles. The molecule has 4 nitrogen and oxygen atoms in total. The predicted octanol–water partition coefficient (Wildman–Crippen LogP) is 2.25. The number of anilines is 1. The predicted molar refractivity (Wildman–Crippen MR) is 78.7 cm³/mol. The lowest BCUT2D eigenvalue weighted by Gasteiger charge is -2.22. The summed E-state index contributed by atoms with van der Waals surface area (Å²) < 4.78 is 1.79. The number of amides is 1. The fourth-order valence-electron chi connectivity index (χ4n) is 3.02. The summed E-state index contributed by atoms with van der Waals surface area (Å²) in [5.41, 5.74) is 4.23. The Labute approximate surface area is 119 Å². The van der Waals surface area contributed by atoms with Crippen molar-refractivity contribution in [3.05, 3.63) is 47.3 Å². The molecule has 0 fully saturated rings. The van der Waals surface area contributed by atoms with E-state index in [0.29, 0.717) is 6.42 Å². The summed E-state index contributed by atoms with van der Waals surface area (Å²) in [6, 6.07) is 10.4. The van der Waals surface area contributed by atoms with Crippen LogP contribution in [-0.4, -0.2) is 21.7 Å². The van der Waals surface area contributed by atoms with Gasteiger partial charge in [-0.25, -0.2) is 0 Å². The van der Waals surface area contributed by atoms with E-state index in [1.54, 1.807) is 4.68 Å². The molecule has 1 aromatic heterocycles. The molecule has 2 aromatic rings. The molecule has 3 rings (SSSR count). The molecule has 104 valence electrons. The Bertz CT molecular complexity index is 659. The van der Waals surface area contributed by atoms with Crippen LogP contribution in [0.1, 0.15) is 23.9 Å². The van der Waals surface area contributed by atoms with Crippen molar-refractivity contribution in [1.29, 1.82) is 0 Å². The van der Waals surface area contributed by atoms with Crippen LogP contribution in [-0.2, 0) is 24.7 Å². The summed E-state index contributed by atoms with van der Waals surface area (Å²) in [5, 5.41) is 4.30. The van der Waals surface area contributed by atoms with Gasteiger partial charge in [-0.3, -0.25) is 9.48 Å². The lowest BCUT2D eigenvalue weighted by molar-refractivity contribution is -0.118. The zero-order chi connectivity index (χ0) is 14.3. The van der Waals surface area contributed by atoms with Crippen molar-refractivity contribution in [2.75, 3.05) is 4.90 Å². The third-order valence-electron chi connectivity index (χ3n) is 3.91. The summed E-state index contributed by atoms with van der Waals surface area (Å²) in [7, 11) is 1.89. The van der Waals surface area contributed by atoms with Gasteiger partial charge in [-0.2, -0.15) is 5.10 Å². The number of carbonyl (C=O) groups excluding carboxylic acids is 1. The van der Waals surface area contributed by atoms with Crippen molar-refractivity contribution in [2.45, 2.75) is 32.7 Å². The van der Waals surface area contributed by atoms with Crippen LogP contribution < -0.4 is 4.90 Å².